The molecule has 5 nitrogen and oxygen atoms in total. The number of aromatic nitrogens is 2. The van der Waals surface area contributed by atoms with Crippen molar-refractivity contribution in [1.29, 1.82) is 0 Å². The van der Waals surface area contributed by atoms with Gasteiger partial charge in [0.1, 0.15) is 5.75 Å². The molecule has 3 rings (SSSR count). The molecule has 140 valence electrons. The third-order valence-electron chi connectivity index (χ3n) is 3.74. The lowest BCUT2D eigenvalue weighted by Gasteiger charge is -2.09. The van der Waals surface area contributed by atoms with Crippen LogP contribution in [0.2, 0.25) is 0 Å². The maximum atomic E-state index is 13.1. The second-order valence-electron chi connectivity index (χ2n) is 5.73. The molecule has 3 aromatic rings. The summed E-state index contributed by atoms with van der Waals surface area (Å²) in [7, 11) is 1.48. The molecule has 0 saturated carbocycles. The number of benzene rings is 2. The Morgan fingerprint density at radius 2 is 1.78 bits per heavy atom. The normalized spacial score (nSPS) is 11.3. The highest BCUT2D eigenvalue weighted by Gasteiger charge is 2.36. The minimum atomic E-state index is -4.67. The number of alkyl halides is 3. The van der Waals surface area contributed by atoms with Gasteiger partial charge < -0.3 is 9.47 Å². The molecule has 0 unspecified atom stereocenters. The van der Waals surface area contributed by atoms with Crippen LogP contribution in [0.3, 0.4) is 0 Å². The van der Waals surface area contributed by atoms with Crippen molar-refractivity contribution in [3.05, 3.63) is 71.4 Å². The van der Waals surface area contributed by atoms with Gasteiger partial charge in [0, 0.05) is 6.07 Å². The molecule has 0 amide bonds. The van der Waals surface area contributed by atoms with Crippen molar-refractivity contribution in [3.8, 4) is 17.3 Å². The lowest BCUT2D eigenvalue weighted by atomic mass is 10.2. The van der Waals surface area contributed by atoms with Crippen LogP contribution >= 0.6 is 0 Å². The van der Waals surface area contributed by atoms with Gasteiger partial charge in [0.25, 0.3) is 0 Å². The average Bonchev–Trinajstić information content (AvgIpc) is 3.06. The number of hydrogen-bond donors (Lipinski definition) is 0. The molecule has 8 heteroatoms. The largest absolute Gasteiger partial charge is 0.497 e. The molecule has 1 heterocycles. The Kier molecular flexibility index (Phi) is 4.89. The Labute approximate surface area is 152 Å². The number of aryl methyl sites for hydroxylation is 1. The standard InChI is InChI=1S/C19H15F3N2O3/c1-12-4-3-5-14(10-12)24-17(11-16(23-24)19(20,21)22)27-18(25)13-6-8-15(26-2)9-7-13/h3-11H,1-2H3. The van der Waals surface area contributed by atoms with Crippen molar-refractivity contribution < 1.29 is 27.4 Å². The Morgan fingerprint density at radius 1 is 1.07 bits per heavy atom. The third-order valence-corrected chi connectivity index (χ3v) is 3.74. The van der Waals surface area contributed by atoms with Crippen LogP contribution in [0.25, 0.3) is 5.69 Å². The van der Waals surface area contributed by atoms with E-state index in [1.165, 1.54) is 19.2 Å². The molecular formula is C19H15F3N2O3. The van der Waals surface area contributed by atoms with E-state index in [1.807, 2.05) is 0 Å². The quantitative estimate of drug-likeness (QED) is 0.633. The summed E-state index contributed by atoms with van der Waals surface area (Å²) in [5.41, 5.74) is 0.190. The maximum absolute atomic E-state index is 13.1. The van der Waals surface area contributed by atoms with Crippen LogP contribution in [0.4, 0.5) is 13.2 Å². The first-order valence-electron chi connectivity index (χ1n) is 7.88. The number of ether oxygens (including phenoxy) is 2. The average molecular weight is 376 g/mol. The molecule has 0 atom stereocenters. The van der Waals surface area contributed by atoms with E-state index in [4.69, 9.17) is 9.47 Å². The molecular weight excluding hydrogens is 361 g/mol. The van der Waals surface area contributed by atoms with Gasteiger partial charge in [0.15, 0.2) is 5.69 Å². The van der Waals surface area contributed by atoms with Gasteiger partial charge in [-0.2, -0.15) is 18.3 Å². The van der Waals surface area contributed by atoms with Crippen molar-refractivity contribution in [2.45, 2.75) is 13.1 Å². The summed E-state index contributed by atoms with van der Waals surface area (Å²) in [6.45, 7) is 1.79. The smallest absolute Gasteiger partial charge is 0.435 e. The summed E-state index contributed by atoms with van der Waals surface area (Å²) in [6.07, 6.45) is -4.67. The van der Waals surface area contributed by atoms with E-state index in [2.05, 4.69) is 5.10 Å². The molecule has 0 aliphatic rings. The Morgan fingerprint density at radius 3 is 2.37 bits per heavy atom. The first-order valence-corrected chi connectivity index (χ1v) is 7.88. The van der Waals surface area contributed by atoms with Crippen LogP contribution in [0.5, 0.6) is 11.6 Å². The van der Waals surface area contributed by atoms with Crippen molar-refractivity contribution >= 4 is 5.97 Å². The highest BCUT2D eigenvalue weighted by Crippen LogP contribution is 2.32. The molecule has 0 N–H and O–H groups in total. The summed E-state index contributed by atoms with van der Waals surface area (Å²) in [4.78, 5) is 12.3. The molecule has 0 saturated heterocycles. The van der Waals surface area contributed by atoms with E-state index >= 15 is 0 Å². The van der Waals surface area contributed by atoms with Crippen molar-refractivity contribution in [2.24, 2.45) is 0 Å². The fourth-order valence-corrected chi connectivity index (χ4v) is 2.40. The first kappa shape index (κ1) is 18.5. The maximum Gasteiger partial charge on any atom is 0.435 e. The zero-order valence-corrected chi connectivity index (χ0v) is 14.4. The summed E-state index contributed by atoms with van der Waals surface area (Å²) in [5.74, 6) is -0.593. The van der Waals surface area contributed by atoms with Crippen LogP contribution in [0, 0.1) is 6.92 Å². The molecule has 0 radical (unpaired) electrons. The third kappa shape index (κ3) is 4.11. The van der Waals surface area contributed by atoms with Crippen LogP contribution in [-0.4, -0.2) is 22.9 Å². The lowest BCUT2D eigenvalue weighted by molar-refractivity contribution is -0.141. The Hall–Kier alpha value is -3.29. The fourth-order valence-electron chi connectivity index (χ4n) is 2.40. The van der Waals surface area contributed by atoms with Gasteiger partial charge >= 0.3 is 12.1 Å². The molecule has 1 aromatic heterocycles. The number of rotatable bonds is 4. The number of carbonyl (C=O) groups is 1. The van der Waals surface area contributed by atoms with Crippen LogP contribution in [0.1, 0.15) is 21.6 Å². The number of nitrogens with zero attached hydrogens (tertiary/aromatic N) is 2. The van der Waals surface area contributed by atoms with Gasteiger partial charge in [-0.25, -0.2) is 9.48 Å². The predicted octanol–water partition coefficient (Wildman–Crippen LogP) is 4.43. The van der Waals surface area contributed by atoms with Gasteiger partial charge in [-0.05, 0) is 48.9 Å². The lowest BCUT2D eigenvalue weighted by Crippen LogP contribution is -2.12. The van der Waals surface area contributed by atoms with E-state index in [9.17, 15) is 18.0 Å². The number of methoxy groups -OCH3 is 1. The second-order valence-corrected chi connectivity index (χ2v) is 5.73. The van der Waals surface area contributed by atoms with E-state index < -0.39 is 17.8 Å². The van der Waals surface area contributed by atoms with Crippen LogP contribution < -0.4 is 9.47 Å². The molecule has 0 aliphatic carbocycles. The molecule has 2 aromatic carbocycles. The number of carbonyl (C=O) groups excluding carboxylic acids is 1. The number of esters is 1. The van der Waals surface area contributed by atoms with Gasteiger partial charge in [-0.15, -0.1) is 0 Å². The highest BCUT2D eigenvalue weighted by molar-refractivity contribution is 5.91. The minimum Gasteiger partial charge on any atom is -0.497 e. The molecule has 27 heavy (non-hydrogen) atoms. The van der Waals surface area contributed by atoms with Gasteiger partial charge in [0.2, 0.25) is 5.88 Å². The Bertz CT molecular complexity index is 963. The summed E-state index contributed by atoms with van der Waals surface area (Å²) in [5, 5.41) is 3.56. The van der Waals surface area contributed by atoms with Crippen molar-refractivity contribution in [1.82, 2.24) is 9.78 Å². The van der Waals surface area contributed by atoms with Gasteiger partial charge in [-0.1, -0.05) is 12.1 Å². The van der Waals surface area contributed by atoms with Crippen molar-refractivity contribution in [3.63, 3.8) is 0 Å². The van der Waals surface area contributed by atoms with E-state index in [0.717, 1.165) is 10.2 Å². The first-order chi connectivity index (χ1) is 12.8. The minimum absolute atomic E-state index is 0.168. The van der Waals surface area contributed by atoms with Crippen LogP contribution in [-0.2, 0) is 6.18 Å². The van der Waals surface area contributed by atoms with Crippen LogP contribution in [0.15, 0.2) is 54.6 Å². The molecule has 0 spiro atoms. The molecule has 0 fully saturated rings. The monoisotopic (exact) mass is 376 g/mol. The van der Waals surface area contributed by atoms with E-state index in [-0.39, 0.29) is 11.4 Å². The van der Waals surface area contributed by atoms with E-state index in [0.29, 0.717) is 17.5 Å². The number of hydrogen-bond acceptors (Lipinski definition) is 4. The second kappa shape index (κ2) is 7.14. The highest BCUT2D eigenvalue weighted by atomic mass is 19.4. The topological polar surface area (TPSA) is 53.4 Å². The fraction of sp³-hybridized carbons (Fsp3) is 0.158. The van der Waals surface area contributed by atoms with Gasteiger partial charge in [0.05, 0.1) is 18.4 Å². The zero-order chi connectivity index (χ0) is 19.6. The van der Waals surface area contributed by atoms with Gasteiger partial charge in [-0.3, -0.25) is 0 Å². The summed E-state index contributed by atoms with van der Waals surface area (Å²) in [6, 6.07) is 13.4. The van der Waals surface area contributed by atoms with Crippen molar-refractivity contribution in [2.75, 3.05) is 7.11 Å². The molecule has 0 aliphatic heterocycles. The Balaban J connectivity index is 1.97. The predicted molar refractivity (Wildman–Crippen MR) is 91.3 cm³/mol. The zero-order valence-electron chi connectivity index (χ0n) is 14.4. The summed E-state index contributed by atoms with van der Waals surface area (Å²) >= 11 is 0. The molecule has 0 bridgehead atoms. The summed E-state index contributed by atoms with van der Waals surface area (Å²) < 4.78 is 50.4. The SMILES string of the molecule is COc1ccc(C(=O)Oc2cc(C(F)(F)F)nn2-c2cccc(C)c2)cc1. The number of halogens is 3. The van der Waals surface area contributed by atoms with E-state index in [1.54, 1.807) is 43.3 Å².